The normalized spacial score (nSPS) is 13.6. The van der Waals surface area contributed by atoms with Crippen molar-refractivity contribution >= 4 is 45.9 Å². The lowest BCUT2D eigenvalue weighted by Crippen LogP contribution is -2.17. The number of hydrogen-bond donors (Lipinski definition) is 1. The first kappa shape index (κ1) is 20.6. The van der Waals surface area contributed by atoms with Gasteiger partial charge in [-0.2, -0.15) is 0 Å². The molecule has 28 heavy (non-hydrogen) atoms. The number of carbonyl (C=O) groups is 2. The Balaban J connectivity index is 1.85. The monoisotopic (exact) mass is 421 g/mol. The summed E-state index contributed by atoms with van der Waals surface area (Å²) in [6, 6.07) is 4.32. The minimum atomic E-state index is -0.510. The van der Waals surface area contributed by atoms with Crippen molar-refractivity contribution in [1.82, 2.24) is 0 Å². The minimum absolute atomic E-state index is 0.143. The van der Waals surface area contributed by atoms with Crippen LogP contribution in [-0.4, -0.2) is 18.0 Å². The smallest absolute Gasteiger partial charge is 0.341 e. The van der Waals surface area contributed by atoms with Crippen LogP contribution in [0.4, 0.5) is 9.39 Å². The van der Waals surface area contributed by atoms with Gasteiger partial charge in [-0.3, -0.25) is 4.79 Å². The van der Waals surface area contributed by atoms with Gasteiger partial charge in [-0.25, -0.2) is 9.18 Å². The molecule has 2 aromatic rings. The van der Waals surface area contributed by atoms with E-state index in [2.05, 4.69) is 5.32 Å². The molecule has 0 spiro atoms. The molecule has 0 fully saturated rings. The molecule has 1 heterocycles. The molecule has 7 heteroatoms. The van der Waals surface area contributed by atoms with E-state index in [9.17, 15) is 14.0 Å². The Morgan fingerprint density at radius 2 is 2.04 bits per heavy atom. The van der Waals surface area contributed by atoms with Crippen LogP contribution in [0.2, 0.25) is 5.02 Å². The average Bonchev–Trinajstić information content (AvgIpc) is 2.98. The number of hydrogen-bond acceptors (Lipinski definition) is 4. The molecular weight excluding hydrogens is 401 g/mol. The van der Waals surface area contributed by atoms with Crippen LogP contribution in [-0.2, 0) is 22.4 Å². The summed E-state index contributed by atoms with van der Waals surface area (Å²) in [6.07, 6.45) is 6.03. The number of fused-ring (bicyclic) bond motifs is 1. The van der Waals surface area contributed by atoms with Crippen LogP contribution in [0.25, 0.3) is 6.08 Å². The van der Waals surface area contributed by atoms with Crippen molar-refractivity contribution in [3.63, 3.8) is 0 Å². The maximum atomic E-state index is 13.8. The van der Waals surface area contributed by atoms with Crippen molar-refractivity contribution in [3.05, 3.63) is 56.7 Å². The van der Waals surface area contributed by atoms with Gasteiger partial charge in [-0.1, -0.05) is 17.7 Å². The van der Waals surface area contributed by atoms with Crippen LogP contribution in [0.3, 0.4) is 0 Å². The number of carbonyl (C=O) groups excluding carboxylic acids is 2. The number of rotatable bonds is 5. The molecule has 0 saturated heterocycles. The fraction of sp³-hybridized carbons (Fsp3) is 0.333. The molecule has 1 aliphatic rings. The van der Waals surface area contributed by atoms with Crippen molar-refractivity contribution in [3.8, 4) is 0 Å². The summed E-state index contributed by atoms with van der Waals surface area (Å²) in [5.74, 6) is -1.40. The van der Waals surface area contributed by atoms with Gasteiger partial charge in [0.15, 0.2) is 0 Å². The molecule has 1 aliphatic carbocycles. The maximum absolute atomic E-state index is 13.8. The lowest BCUT2D eigenvalue weighted by atomic mass is 9.95. The van der Waals surface area contributed by atoms with E-state index < -0.39 is 17.7 Å². The average molecular weight is 422 g/mol. The van der Waals surface area contributed by atoms with Gasteiger partial charge in [-0.05, 0) is 63.3 Å². The van der Waals surface area contributed by atoms with Gasteiger partial charge in [0, 0.05) is 16.5 Å². The summed E-state index contributed by atoms with van der Waals surface area (Å²) >= 11 is 7.38. The number of amides is 1. The summed E-state index contributed by atoms with van der Waals surface area (Å²) in [5, 5.41) is 3.46. The Hall–Kier alpha value is -2.18. The third-order valence-corrected chi connectivity index (χ3v) is 5.89. The number of halogens is 2. The SMILES string of the molecule is CC(C)OC(=O)c1c(NC(=O)/C=C/c2c(F)cccc2Cl)sc2c1CCCC2. The van der Waals surface area contributed by atoms with Gasteiger partial charge in [0.1, 0.15) is 10.8 Å². The number of benzene rings is 1. The van der Waals surface area contributed by atoms with E-state index in [1.807, 2.05) is 0 Å². The van der Waals surface area contributed by atoms with Crippen molar-refractivity contribution in [2.75, 3.05) is 5.32 Å². The zero-order valence-electron chi connectivity index (χ0n) is 15.7. The first-order valence-electron chi connectivity index (χ1n) is 9.15. The van der Waals surface area contributed by atoms with Crippen LogP contribution in [0.15, 0.2) is 24.3 Å². The van der Waals surface area contributed by atoms with Gasteiger partial charge in [-0.15, -0.1) is 11.3 Å². The largest absolute Gasteiger partial charge is 0.459 e. The van der Waals surface area contributed by atoms with Crippen LogP contribution >= 0.6 is 22.9 Å². The number of esters is 1. The molecule has 148 valence electrons. The Morgan fingerprint density at radius 1 is 1.29 bits per heavy atom. The molecule has 1 aromatic heterocycles. The van der Waals surface area contributed by atoms with Crippen molar-refractivity contribution in [1.29, 1.82) is 0 Å². The number of thiophene rings is 1. The van der Waals surface area contributed by atoms with E-state index in [1.165, 1.54) is 35.6 Å². The second kappa shape index (κ2) is 8.88. The van der Waals surface area contributed by atoms with E-state index in [4.69, 9.17) is 16.3 Å². The first-order chi connectivity index (χ1) is 13.4. The van der Waals surface area contributed by atoms with Crippen molar-refractivity contribution in [2.45, 2.75) is 45.6 Å². The molecule has 0 saturated carbocycles. The Labute approximate surface area is 172 Å². The fourth-order valence-corrected chi connectivity index (χ4v) is 4.63. The molecule has 3 rings (SSSR count). The van der Waals surface area contributed by atoms with E-state index in [-0.39, 0.29) is 16.7 Å². The highest BCUT2D eigenvalue weighted by Gasteiger charge is 2.27. The number of nitrogens with one attached hydrogen (secondary N) is 1. The second-order valence-electron chi connectivity index (χ2n) is 6.83. The molecule has 0 aliphatic heterocycles. The van der Waals surface area contributed by atoms with Gasteiger partial charge in [0.2, 0.25) is 5.91 Å². The number of ether oxygens (including phenoxy) is 1. The topological polar surface area (TPSA) is 55.4 Å². The van der Waals surface area contributed by atoms with Crippen LogP contribution in [0.5, 0.6) is 0 Å². The molecule has 0 atom stereocenters. The molecule has 1 N–H and O–H groups in total. The van der Waals surface area contributed by atoms with Crippen molar-refractivity contribution < 1.29 is 18.7 Å². The van der Waals surface area contributed by atoms with Gasteiger partial charge in [0.25, 0.3) is 0 Å². The lowest BCUT2D eigenvalue weighted by molar-refractivity contribution is -0.111. The Morgan fingerprint density at radius 3 is 2.75 bits per heavy atom. The van der Waals surface area contributed by atoms with Gasteiger partial charge in [0.05, 0.1) is 16.7 Å². The maximum Gasteiger partial charge on any atom is 0.341 e. The fourth-order valence-electron chi connectivity index (χ4n) is 3.13. The van der Waals surface area contributed by atoms with E-state index in [0.717, 1.165) is 36.1 Å². The zero-order chi connectivity index (χ0) is 20.3. The third-order valence-electron chi connectivity index (χ3n) is 4.36. The second-order valence-corrected chi connectivity index (χ2v) is 8.34. The first-order valence-corrected chi connectivity index (χ1v) is 10.3. The van der Waals surface area contributed by atoms with Gasteiger partial charge < -0.3 is 10.1 Å². The highest BCUT2D eigenvalue weighted by Crippen LogP contribution is 2.38. The predicted octanol–water partition coefficient (Wildman–Crippen LogP) is 5.64. The van der Waals surface area contributed by atoms with Crippen LogP contribution in [0.1, 0.15) is 53.1 Å². The standard InChI is InChI=1S/C21H21ClFNO3S/c1-12(2)27-21(26)19-14-6-3-4-9-17(14)28-20(19)24-18(25)11-10-13-15(22)7-5-8-16(13)23/h5,7-8,10-12H,3-4,6,9H2,1-2H3,(H,24,25)/b11-10+. The lowest BCUT2D eigenvalue weighted by Gasteiger charge is -2.14. The Bertz CT molecular complexity index is 916. The molecule has 1 aromatic carbocycles. The molecule has 4 nitrogen and oxygen atoms in total. The van der Waals surface area contributed by atoms with Crippen LogP contribution < -0.4 is 5.32 Å². The van der Waals surface area contributed by atoms with Gasteiger partial charge >= 0.3 is 5.97 Å². The number of aryl methyl sites for hydroxylation is 1. The number of anilines is 1. The quantitative estimate of drug-likeness (QED) is 0.502. The highest BCUT2D eigenvalue weighted by atomic mass is 35.5. The third kappa shape index (κ3) is 4.62. The molecular formula is C21H21ClFNO3S. The van der Waals surface area contributed by atoms with Crippen molar-refractivity contribution in [2.24, 2.45) is 0 Å². The zero-order valence-corrected chi connectivity index (χ0v) is 17.3. The molecule has 0 bridgehead atoms. The minimum Gasteiger partial charge on any atom is -0.459 e. The molecule has 0 radical (unpaired) electrons. The van der Waals surface area contributed by atoms with E-state index in [1.54, 1.807) is 19.9 Å². The molecule has 1 amide bonds. The Kier molecular flexibility index (Phi) is 6.52. The predicted molar refractivity (Wildman–Crippen MR) is 111 cm³/mol. The summed E-state index contributed by atoms with van der Waals surface area (Å²) in [5.41, 5.74) is 1.56. The summed E-state index contributed by atoms with van der Waals surface area (Å²) in [6.45, 7) is 3.58. The van der Waals surface area contributed by atoms with E-state index >= 15 is 0 Å². The highest BCUT2D eigenvalue weighted by molar-refractivity contribution is 7.17. The molecule has 0 unspecified atom stereocenters. The summed E-state index contributed by atoms with van der Waals surface area (Å²) < 4.78 is 19.2. The van der Waals surface area contributed by atoms with E-state index in [0.29, 0.717) is 10.6 Å². The van der Waals surface area contributed by atoms with Crippen LogP contribution in [0, 0.1) is 5.82 Å². The summed E-state index contributed by atoms with van der Waals surface area (Å²) in [7, 11) is 0. The summed E-state index contributed by atoms with van der Waals surface area (Å²) in [4.78, 5) is 26.1.